The Labute approximate surface area is 179 Å². The zero-order valence-electron chi connectivity index (χ0n) is 18.4. The fraction of sp³-hybridized carbons (Fsp3) is 0.786. The maximum atomic E-state index is 2.51. The Kier molecular flexibility index (Phi) is 3.99. The Morgan fingerprint density at radius 1 is 0.621 bits per heavy atom. The fourth-order valence-electron chi connectivity index (χ4n) is 10.5. The summed E-state index contributed by atoms with van der Waals surface area (Å²) < 4.78 is 0. The van der Waals surface area contributed by atoms with Gasteiger partial charge >= 0.3 is 0 Å². The molecule has 0 radical (unpaired) electrons. The maximum Gasteiger partial charge on any atom is -0.00631 e. The van der Waals surface area contributed by atoms with Gasteiger partial charge in [-0.15, -0.1) is 0 Å². The second-order valence-corrected chi connectivity index (χ2v) is 15.9. The van der Waals surface area contributed by atoms with E-state index in [-0.39, 0.29) is 7.92 Å². The molecule has 0 atom stereocenters. The van der Waals surface area contributed by atoms with Crippen molar-refractivity contribution >= 4 is 7.92 Å². The first-order chi connectivity index (χ1) is 14.1. The summed E-state index contributed by atoms with van der Waals surface area (Å²) in [7, 11) is 0.105. The lowest BCUT2D eigenvalue weighted by atomic mass is 9.55. The van der Waals surface area contributed by atoms with Crippen molar-refractivity contribution in [2.75, 3.05) is 0 Å². The summed E-state index contributed by atoms with van der Waals surface area (Å²) in [6.45, 7) is 2.25. The molecule has 0 unspecified atom stereocenters. The van der Waals surface area contributed by atoms with Crippen molar-refractivity contribution in [3.63, 3.8) is 0 Å². The van der Waals surface area contributed by atoms with E-state index in [9.17, 15) is 0 Å². The third-order valence-corrected chi connectivity index (χ3v) is 14.7. The first kappa shape index (κ1) is 18.2. The van der Waals surface area contributed by atoms with E-state index in [1.807, 2.05) is 0 Å². The third kappa shape index (κ3) is 2.87. The molecule has 156 valence electrons. The molecule has 1 aromatic carbocycles. The van der Waals surface area contributed by atoms with E-state index in [2.05, 4.69) is 31.2 Å². The SMILES string of the molecule is Cc1ccc(CP(C23CC4CC(CC(C4)C2)C3)C23CC4CC(CC(C4)C2)C3)cc1. The lowest BCUT2D eigenvalue weighted by molar-refractivity contribution is 0.0184. The highest BCUT2D eigenvalue weighted by Crippen LogP contribution is 2.79. The van der Waals surface area contributed by atoms with Crippen LogP contribution in [0.25, 0.3) is 0 Å². The van der Waals surface area contributed by atoms with Crippen molar-refractivity contribution in [1.82, 2.24) is 0 Å². The zero-order valence-corrected chi connectivity index (χ0v) is 19.3. The van der Waals surface area contributed by atoms with E-state index >= 15 is 0 Å². The van der Waals surface area contributed by atoms with Gasteiger partial charge in [-0.05, 0) is 142 Å². The van der Waals surface area contributed by atoms with Crippen LogP contribution in [-0.4, -0.2) is 10.3 Å². The van der Waals surface area contributed by atoms with Crippen molar-refractivity contribution in [3.8, 4) is 0 Å². The standard InChI is InChI=1S/C28H39P/c1-19-2-4-20(5-3-19)18-29(27-12-21-6-22(13-27)8-23(7-21)14-27)28-15-24-9-25(16-28)11-26(10-24)17-28/h2-5,21-26H,6-18H2,1H3. The minimum absolute atomic E-state index is 0.105. The molecule has 0 spiro atoms. The molecule has 8 saturated carbocycles. The van der Waals surface area contributed by atoms with Gasteiger partial charge in [-0.3, -0.25) is 0 Å². The van der Waals surface area contributed by atoms with Gasteiger partial charge in [-0.25, -0.2) is 0 Å². The van der Waals surface area contributed by atoms with Gasteiger partial charge in [-0.1, -0.05) is 37.8 Å². The number of rotatable bonds is 4. The van der Waals surface area contributed by atoms with E-state index in [1.54, 1.807) is 82.6 Å². The molecule has 1 heteroatoms. The van der Waals surface area contributed by atoms with E-state index in [0.717, 1.165) is 45.8 Å². The van der Waals surface area contributed by atoms with Crippen LogP contribution in [0.5, 0.6) is 0 Å². The third-order valence-electron chi connectivity index (χ3n) is 10.6. The zero-order chi connectivity index (χ0) is 19.2. The second-order valence-electron chi connectivity index (χ2n) is 12.9. The van der Waals surface area contributed by atoms with Gasteiger partial charge < -0.3 is 0 Å². The van der Waals surface area contributed by atoms with Crippen LogP contribution in [0, 0.1) is 42.4 Å². The van der Waals surface area contributed by atoms with Crippen molar-refractivity contribution in [2.24, 2.45) is 35.5 Å². The number of hydrogen-bond acceptors (Lipinski definition) is 0. The predicted octanol–water partition coefficient (Wildman–Crippen LogP) is 7.91. The molecule has 9 rings (SSSR count). The minimum atomic E-state index is 0.105. The minimum Gasteiger partial charge on any atom is -0.0894 e. The lowest BCUT2D eigenvalue weighted by Crippen LogP contribution is -2.56. The molecule has 8 bridgehead atoms. The molecule has 0 nitrogen and oxygen atoms in total. The summed E-state index contributed by atoms with van der Waals surface area (Å²) in [6.07, 6.45) is 20.9. The van der Waals surface area contributed by atoms with Gasteiger partial charge in [0.05, 0.1) is 0 Å². The van der Waals surface area contributed by atoms with Crippen LogP contribution in [0.1, 0.15) is 88.2 Å². The first-order valence-corrected chi connectivity index (χ1v) is 14.4. The normalized spacial score (nSPS) is 50.2. The molecule has 0 aliphatic heterocycles. The Morgan fingerprint density at radius 2 is 0.966 bits per heavy atom. The molecule has 0 heterocycles. The lowest BCUT2D eigenvalue weighted by Gasteiger charge is -2.67. The molecule has 0 amide bonds. The van der Waals surface area contributed by atoms with Gasteiger partial charge in [-0.2, -0.15) is 0 Å². The average molecular weight is 407 g/mol. The number of aryl methyl sites for hydroxylation is 1. The predicted molar refractivity (Wildman–Crippen MR) is 124 cm³/mol. The number of hydrogen-bond donors (Lipinski definition) is 0. The average Bonchev–Trinajstić information content (AvgIpc) is 2.65. The van der Waals surface area contributed by atoms with E-state index in [0.29, 0.717) is 0 Å². The highest BCUT2D eigenvalue weighted by Gasteiger charge is 2.62. The largest absolute Gasteiger partial charge is 0.0894 e. The summed E-state index contributed by atoms with van der Waals surface area (Å²) >= 11 is 0. The van der Waals surface area contributed by atoms with Crippen molar-refractivity contribution in [3.05, 3.63) is 35.4 Å². The highest BCUT2D eigenvalue weighted by atomic mass is 31.1. The van der Waals surface area contributed by atoms with Crippen LogP contribution < -0.4 is 0 Å². The van der Waals surface area contributed by atoms with Crippen molar-refractivity contribution < 1.29 is 0 Å². The Hall–Kier alpha value is -0.350. The molecule has 29 heavy (non-hydrogen) atoms. The quantitative estimate of drug-likeness (QED) is 0.446. The van der Waals surface area contributed by atoms with Crippen LogP contribution >= 0.6 is 7.92 Å². The Bertz CT molecular complexity index is 674. The van der Waals surface area contributed by atoms with Crippen LogP contribution in [0.4, 0.5) is 0 Å². The monoisotopic (exact) mass is 406 g/mol. The van der Waals surface area contributed by atoms with Gasteiger partial charge in [0.2, 0.25) is 0 Å². The molecular weight excluding hydrogens is 367 g/mol. The van der Waals surface area contributed by atoms with Crippen molar-refractivity contribution in [2.45, 2.75) is 100 Å². The summed E-state index contributed by atoms with van der Waals surface area (Å²) in [5.41, 5.74) is 3.12. The van der Waals surface area contributed by atoms with Crippen LogP contribution in [0.15, 0.2) is 24.3 Å². The summed E-state index contributed by atoms with van der Waals surface area (Å²) in [5, 5.41) is 1.56. The van der Waals surface area contributed by atoms with Crippen LogP contribution in [-0.2, 0) is 6.16 Å². The summed E-state index contributed by atoms with van der Waals surface area (Å²) in [6, 6.07) is 9.79. The van der Waals surface area contributed by atoms with Gasteiger partial charge in [0.15, 0.2) is 0 Å². The van der Waals surface area contributed by atoms with Crippen LogP contribution in [0.3, 0.4) is 0 Å². The molecule has 0 aromatic heterocycles. The summed E-state index contributed by atoms with van der Waals surface area (Å²) in [5.74, 6) is 6.66. The molecule has 0 saturated heterocycles. The van der Waals surface area contributed by atoms with Crippen LogP contribution in [0.2, 0.25) is 0 Å². The smallest absolute Gasteiger partial charge is 0.00631 e. The van der Waals surface area contributed by atoms with Gasteiger partial charge in [0.25, 0.3) is 0 Å². The fourth-order valence-corrected chi connectivity index (χ4v) is 15.6. The number of benzene rings is 1. The Morgan fingerprint density at radius 3 is 1.31 bits per heavy atom. The Balaban J connectivity index is 1.30. The molecule has 1 aromatic rings. The van der Waals surface area contributed by atoms with Gasteiger partial charge in [0.1, 0.15) is 0 Å². The van der Waals surface area contributed by atoms with Crippen molar-refractivity contribution in [1.29, 1.82) is 0 Å². The summed E-state index contributed by atoms with van der Waals surface area (Å²) in [4.78, 5) is 0. The molecule has 8 aliphatic rings. The molecule has 0 N–H and O–H groups in total. The van der Waals surface area contributed by atoms with E-state index < -0.39 is 0 Å². The maximum absolute atomic E-state index is 2.51. The highest BCUT2D eigenvalue weighted by molar-refractivity contribution is 7.60. The van der Waals surface area contributed by atoms with E-state index in [4.69, 9.17) is 0 Å². The van der Waals surface area contributed by atoms with E-state index in [1.165, 1.54) is 11.7 Å². The topological polar surface area (TPSA) is 0 Å². The molecular formula is C28H39P. The molecule has 8 fully saturated rings. The first-order valence-electron chi connectivity index (χ1n) is 12.9. The second kappa shape index (κ2) is 6.34. The molecule has 8 aliphatic carbocycles. The van der Waals surface area contributed by atoms with Gasteiger partial charge in [0, 0.05) is 0 Å².